The smallest absolute Gasteiger partial charge is 0.237 e. The molecule has 0 saturated carbocycles. The topological polar surface area (TPSA) is 109 Å². The Bertz CT molecular complexity index is 1290. The molecular formula is C31H42Cl2FN5O3. The molecule has 3 aliphatic rings. The van der Waals surface area contributed by atoms with Gasteiger partial charge in [0.25, 0.3) is 0 Å². The Morgan fingerprint density at radius 3 is 2.64 bits per heavy atom. The molecular weight excluding hydrogens is 580 g/mol. The quantitative estimate of drug-likeness (QED) is 0.263. The van der Waals surface area contributed by atoms with Crippen LogP contribution >= 0.6 is 23.2 Å². The first-order chi connectivity index (χ1) is 19.9. The number of hydrogen-bond donors (Lipinski definition) is 6. The van der Waals surface area contributed by atoms with Gasteiger partial charge in [-0.15, -0.1) is 0 Å². The summed E-state index contributed by atoms with van der Waals surface area (Å²) in [7, 11) is 0. The summed E-state index contributed by atoms with van der Waals surface area (Å²) in [6, 6.07) is 9.04. The number of carbonyl (C=O) groups excluding carboxylic acids is 1. The van der Waals surface area contributed by atoms with Gasteiger partial charge in [0.15, 0.2) is 6.35 Å². The van der Waals surface area contributed by atoms with Gasteiger partial charge in [-0.2, -0.15) is 0 Å². The number of nitrogens with zero attached hydrogens (tertiary/aromatic N) is 1. The van der Waals surface area contributed by atoms with Crippen molar-refractivity contribution in [3.63, 3.8) is 0 Å². The Morgan fingerprint density at radius 1 is 1.21 bits per heavy atom. The maximum atomic E-state index is 15.1. The Hall–Kier alpha value is -1.98. The number of β-amino-alcohol motifs (C(OH)–C–C–N with tert-alkyl or cyclic N) is 1. The van der Waals surface area contributed by atoms with Crippen molar-refractivity contribution < 1.29 is 19.4 Å². The minimum absolute atomic E-state index is 0.0649. The van der Waals surface area contributed by atoms with Gasteiger partial charge in [0.05, 0.1) is 22.7 Å². The third-order valence-electron chi connectivity index (χ3n) is 8.68. The maximum Gasteiger partial charge on any atom is 0.237 e. The number of fused-ring (bicyclic) bond motifs is 2. The second-order valence-electron chi connectivity index (χ2n) is 13.1. The number of aliphatic hydroxyl groups excluding tert-OH is 2. The van der Waals surface area contributed by atoms with E-state index in [1.165, 1.54) is 12.1 Å². The summed E-state index contributed by atoms with van der Waals surface area (Å²) in [6.45, 7) is 9.21. The molecule has 2 aromatic carbocycles. The summed E-state index contributed by atoms with van der Waals surface area (Å²) in [5.74, 6) is -1.42. The van der Waals surface area contributed by atoms with Gasteiger partial charge < -0.3 is 31.1 Å². The maximum absolute atomic E-state index is 15.1. The molecule has 2 unspecified atom stereocenters. The van der Waals surface area contributed by atoms with Gasteiger partial charge in [-0.3, -0.25) is 10.1 Å². The van der Waals surface area contributed by atoms with Crippen LogP contribution in [0.3, 0.4) is 0 Å². The Labute approximate surface area is 257 Å². The van der Waals surface area contributed by atoms with Gasteiger partial charge in [-0.05, 0) is 74.0 Å². The molecule has 11 heteroatoms. The van der Waals surface area contributed by atoms with Crippen molar-refractivity contribution in [2.75, 3.05) is 31.5 Å². The van der Waals surface area contributed by atoms with E-state index in [-0.39, 0.29) is 16.3 Å². The van der Waals surface area contributed by atoms with E-state index in [0.29, 0.717) is 42.2 Å². The highest BCUT2D eigenvalue weighted by Gasteiger charge is 2.61. The van der Waals surface area contributed by atoms with Crippen molar-refractivity contribution in [2.45, 2.75) is 82.5 Å². The highest BCUT2D eigenvalue weighted by Crippen LogP contribution is 2.53. The lowest BCUT2D eigenvalue weighted by atomic mass is 9.67. The molecule has 2 aromatic rings. The van der Waals surface area contributed by atoms with E-state index in [9.17, 15) is 15.0 Å². The SMILES string of the molecule is CC(C)(C)C[C@H]1N[C@@H](C(=O)NCC[C@H](O)CN2CCCC2)C(c2cccc(Cl)c2)[C@@]12NC(O)Nc1cc(Cl)c(F)cc12. The van der Waals surface area contributed by atoms with Gasteiger partial charge in [0, 0.05) is 41.3 Å². The lowest BCUT2D eigenvalue weighted by Crippen LogP contribution is -2.62. The molecule has 3 heterocycles. The highest BCUT2D eigenvalue weighted by molar-refractivity contribution is 6.31. The zero-order chi connectivity index (χ0) is 30.2. The second-order valence-corrected chi connectivity index (χ2v) is 14.0. The monoisotopic (exact) mass is 621 g/mol. The first kappa shape index (κ1) is 31.4. The molecule has 0 radical (unpaired) electrons. The van der Waals surface area contributed by atoms with E-state index < -0.39 is 41.8 Å². The standard InChI is InChI=1S/C31H42Cl2FN5O3/c1-30(2,3)16-25-31(21-14-23(34)22(33)15-24(21)36-29(42)38-31)26(18-7-6-8-19(32)13-18)27(37-25)28(41)35-10-9-20(40)17-39-11-4-5-12-39/h6-8,13-15,20,25-27,29,36-38,40,42H,4-5,9-12,16-17H2,1-3H3,(H,35,41)/t20-,25+,26?,27+,29?,31-/m0/s1. The van der Waals surface area contributed by atoms with E-state index in [1.807, 2.05) is 18.2 Å². The van der Waals surface area contributed by atoms with Crippen molar-refractivity contribution in [1.29, 1.82) is 0 Å². The third-order valence-corrected chi connectivity index (χ3v) is 9.20. The molecule has 3 aliphatic heterocycles. The number of hydrogen-bond acceptors (Lipinski definition) is 7. The van der Waals surface area contributed by atoms with Crippen molar-refractivity contribution >= 4 is 34.8 Å². The van der Waals surface area contributed by atoms with E-state index in [4.69, 9.17) is 23.2 Å². The molecule has 0 aromatic heterocycles. The van der Waals surface area contributed by atoms with Crippen LogP contribution in [-0.4, -0.2) is 71.7 Å². The van der Waals surface area contributed by atoms with Gasteiger partial charge in [-0.25, -0.2) is 4.39 Å². The van der Waals surface area contributed by atoms with Gasteiger partial charge in [0.1, 0.15) is 5.82 Å². The first-order valence-corrected chi connectivity index (χ1v) is 15.5. The Morgan fingerprint density at radius 2 is 1.95 bits per heavy atom. The zero-order valence-electron chi connectivity index (χ0n) is 24.4. The van der Waals surface area contributed by atoms with Crippen LogP contribution in [0, 0.1) is 11.2 Å². The van der Waals surface area contributed by atoms with E-state index >= 15 is 4.39 Å². The zero-order valence-corrected chi connectivity index (χ0v) is 25.9. The molecule has 230 valence electrons. The van der Waals surface area contributed by atoms with Crippen LogP contribution in [0.2, 0.25) is 10.0 Å². The summed E-state index contributed by atoms with van der Waals surface area (Å²) in [4.78, 5) is 16.2. The predicted molar refractivity (Wildman–Crippen MR) is 164 cm³/mol. The number of benzene rings is 2. The average molecular weight is 623 g/mol. The number of aliphatic hydroxyl groups is 2. The Balaban J connectivity index is 1.52. The van der Waals surface area contributed by atoms with Crippen molar-refractivity contribution in [1.82, 2.24) is 20.9 Å². The lowest BCUT2D eigenvalue weighted by Gasteiger charge is -2.48. The number of anilines is 1. The van der Waals surface area contributed by atoms with Gasteiger partial charge >= 0.3 is 0 Å². The fourth-order valence-electron chi connectivity index (χ4n) is 7.01. The lowest BCUT2D eigenvalue weighted by molar-refractivity contribution is -0.123. The molecule has 0 bridgehead atoms. The van der Waals surface area contributed by atoms with Crippen molar-refractivity contribution in [3.05, 3.63) is 63.4 Å². The molecule has 2 saturated heterocycles. The van der Waals surface area contributed by atoms with Crippen LogP contribution < -0.4 is 21.3 Å². The summed E-state index contributed by atoms with van der Waals surface area (Å²) in [5.41, 5.74) is 0.533. The van der Waals surface area contributed by atoms with Crippen LogP contribution in [0.5, 0.6) is 0 Å². The minimum atomic E-state index is -1.19. The molecule has 6 N–H and O–H groups in total. The summed E-state index contributed by atoms with van der Waals surface area (Å²) >= 11 is 12.7. The first-order valence-electron chi connectivity index (χ1n) is 14.8. The summed E-state index contributed by atoms with van der Waals surface area (Å²) in [5, 5.41) is 35.0. The van der Waals surface area contributed by atoms with Crippen LogP contribution in [0.1, 0.15) is 63.5 Å². The Kier molecular flexibility index (Phi) is 9.40. The van der Waals surface area contributed by atoms with Crippen LogP contribution in [0.15, 0.2) is 36.4 Å². The number of carbonyl (C=O) groups is 1. The van der Waals surface area contributed by atoms with Crippen LogP contribution in [-0.2, 0) is 10.3 Å². The minimum Gasteiger partial charge on any atom is -0.392 e. The largest absolute Gasteiger partial charge is 0.392 e. The average Bonchev–Trinajstić information content (AvgIpc) is 3.51. The second kappa shape index (κ2) is 12.6. The fourth-order valence-corrected chi connectivity index (χ4v) is 7.37. The van der Waals surface area contributed by atoms with Crippen LogP contribution in [0.25, 0.3) is 0 Å². The van der Waals surface area contributed by atoms with E-state index in [1.54, 1.807) is 6.07 Å². The number of amides is 1. The number of nitrogens with one attached hydrogen (secondary N) is 4. The molecule has 1 spiro atoms. The highest BCUT2D eigenvalue weighted by atomic mass is 35.5. The number of halogens is 3. The molecule has 8 nitrogen and oxygen atoms in total. The fraction of sp³-hybridized carbons (Fsp3) is 0.581. The molecule has 42 heavy (non-hydrogen) atoms. The normalized spacial score (nSPS) is 28.5. The number of rotatable bonds is 8. The molecule has 0 aliphatic carbocycles. The summed E-state index contributed by atoms with van der Waals surface area (Å²) < 4.78 is 15.1. The predicted octanol–water partition coefficient (Wildman–Crippen LogP) is 4.14. The molecule has 5 rings (SSSR count). The molecule has 1 amide bonds. The van der Waals surface area contributed by atoms with Crippen molar-refractivity contribution in [2.24, 2.45) is 5.41 Å². The third kappa shape index (κ3) is 6.58. The van der Waals surface area contributed by atoms with Gasteiger partial charge in [0.2, 0.25) is 5.91 Å². The van der Waals surface area contributed by atoms with E-state index in [2.05, 4.69) is 46.9 Å². The molecule has 2 fully saturated rings. The van der Waals surface area contributed by atoms with Gasteiger partial charge in [-0.1, -0.05) is 56.1 Å². The summed E-state index contributed by atoms with van der Waals surface area (Å²) in [6.07, 6.45) is 1.61. The van der Waals surface area contributed by atoms with E-state index in [0.717, 1.165) is 31.5 Å². The molecule has 6 atom stereocenters. The van der Waals surface area contributed by atoms with Crippen molar-refractivity contribution in [3.8, 4) is 0 Å². The number of likely N-dealkylation sites (tertiary alicyclic amines) is 1. The van der Waals surface area contributed by atoms with Crippen LogP contribution in [0.4, 0.5) is 10.1 Å².